The fourth-order valence-corrected chi connectivity index (χ4v) is 4.65. The molecule has 0 saturated heterocycles. The van der Waals surface area contributed by atoms with Crippen LogP contribution >= 0.6 is 0 Å². The van der Waals surface area contributed by atoms with Gasteiger partial charge in [0.15, 0.2) is 28.8 Å². The van der Waals surface area contributed by atoms with Crippen molar-refractivity contribution in [3.8, 4) is 34.5 Å². The van der Waals surface area contributed by atoms with E-state index in [0.29, 0.717) is 44.5 Å². The van der Waals surface area contributed by atoms with Crippen molar-refractivity contribution in [2.24, 2.45) is 0 Å². The summed E-state index contributed by atoms with van der Waals surface area (Å²) in [4.78, 5) is 13.5. The number of rotatable bonds is 7. The van der Waals surface area contributed by atoms with Crippen LogP contribution in [0.4, 0.5) is 0 Å². The molecule has 2 aliphatic rings. The van der Waals surface area contributed by atoms with Gasteiger partial charge in [0.2, 0.25) is 18.3 Å². The number of halogens is 1. The van der Waals surface area contributed by atoms with E-state index in [1.165, 1.54) is 21.3 Å². The summed E-state index contributed by atoms with van der Waals surface area (Å²) in [5, 5.41) is 0. The SMILES string of the molecule is COc1cc(C(=O)CC2c3c(cc4c(c3OC)OCO4)CC[N+]2(C)C)cc(OC)c1OC.[I-]. The lowest BCUT2D eigenvalue weighted by molar-refractivity contribution is -0.922. The van der Waals surface area contributed by atoms with E-state index < -0.39 is 0 Å². The first-order valence-electron chi connectivity index (χ1n) is 10.5. The van der Waals surface area contributed by atoms with Gasteiger partial charge in [-0.3, -0.25) is 4.79 Å². The van der Waals surface area contributed by atoms with E-state index in [-0.39, 0.29) is 49.0 Å². The van der Waals surface area contributed by atoms with Gasteiger partial charge in [-0.15, -0.1) is 0 Å². The Morgan fingerprint density at radius 1 is 0.970 bits per heavy atom. The topological polar surface area (TPSA) is 72.5 Å². The number of ketones is 1. The summed E-state index contributed by atoms with van der Waals surface area (Å²) in [6.45, 7) is 1.06. The van der Waals surface area contributed by atoms with Crippen molar-refractivity contribution in [1.82, 2.24) is 0 Å². The highest BCUT2D eigenvalue weighted by Gasteiger charge is 2.42. The van der Waals surface area contributed by atoms with Gasteiger partial charge < -0.3 is 56.9 Å². The Morgan fingerprint density at radius 3 is 2.18 bits per heavy atom. The second kappa shape index (κ2) is 9.84. The Kier molecular flexibility index (Phi) is 7.52. The summed E-state index contributed by atoms with van der Waals surface area (Å²) in [6, 6.07) is 5.31. The number of methoxy groups -OCH3 is 4. The summed E-state index contributed by atoms with van der Waals surface area (Å²) in [6.07, 6.45) is 1.15. The van der Waals surface area contributed by atoms with Crippen LogP contribution in [0.3, 0.4) is 0 Å². The minimum Gasteiger partial charge on any atom is -1.00 e. The first kappa shape index (κ1) is 25.2. The fourth-order valence-electron chi connectivity index (χ4n) is 4.65. The number of ether oxygens (including phenoxy) is 6. The number of carbonyl (C=O) groups excluding carboxylic acids is 1. The van der Waals surface area contributed by atoms with Crippen LogP contribution < -0.4 is 52.4 Å². The lowest BCUT2D eigenvalue weighted by Crippen LogP contribution is -3.00. The molecule has 0 spiro atoms. The van der Waals surface area contributed by atoms with Crippen LogP contribution in [0, 0.1) is 0 Å². The number of benzene rings is 2. The second-order valence-corrected chi connectivity index (χ2v) is 8.53. The molecule has 2 aliphatic heterocycles. The Bertz CT molecular complexity index is 1030. The van der Waals surface area contributed by atoms with Gasteiger partial charge in [0.05, 0.1) is 61.1 Å². The third kappa shape index (κ3) is 4.40. The van der Waals surface area contributed by atoms with Crippen molar-refractivity contribution in [3.63, 3.8) is 0 Å². The monoisotopic (exact) mass is 571 g/mol. The van der Waals surface area contributed by atoms with E-state index in [1.807, 2.05) is 6.07 Å². The molecule has 180 valence electrons. The van der Waals surface area contributed by atoms with E-state index in [9.17, 15) is 4.79 Å². The third-order valence-corrected chi connectivity index (χ3v) is 6.45. The molecule has 0 radical (unpaired) electrons. The van der Waals surface area contributed by atoms with Crippen LogP contribution in [0.2, 0.25) is 0 Å². The van der Waals surface area contributed by atoms with E-state index in [4.69, 9.17) is 28.4 Å². The van der Waals surface area contributed by atoms with Crippen molar-refractivity contribution in [2.75, 3.05) is 55.9 Å². The zero-order chi connectivity index (χ0) is 23.0. The number of nitrogens with zero attached hydrogens (tertiary/aromatic N) is 1. The quantitative estimate of drug-likeness (QED) is 0.271. The highest BCUT2D eigenvalue weighted by Crippen LogP contribution is 2.51. The first-order chi connectivity index (χ1) is 15.3. The second-order valence-electron chi connectivity index (χ2n) is 8.53. The van der Waals surface area contributed by atoms with Crippen LogP contribution in [0.1, 0.15) is 33.9 Å². The van der Waals surface area contributed by atoms with Crippen molar-refractivity contribution in [3.05, 3.63) is 34.9 Å². The highest BCUT2D eigenvalue weighted by molar-refractivity contribution is 5.98. The van der Waals surface area contributed by atoms with Gasteiger partial charge in [0.1, 0.15) is 6.04 Å². The third-order valence-electron chi connectivity index (χ3n) is 6.45. The van der Waals surface area contributed by atoms with Crippen molar-refractivity contribution in [2.45, 2.75) is 18.9 Å². The molecule has 9 heteroatoms. The molecule has 0 aromatic heterocycles. The molecule has 1 atom stereocenters. The maximum atomic E-state index is 13.5. The minimum absolute atomic E-state index is 0. The van der Waals surface area contributed by atoms with Gasteiger partial charge in [0.25, 0.3) is 0 Å². The molecule has 0 saturated carbocycles. The molecule has 2 heterocycles. The number of fused-ring (bicyclic) bond motifs is 2. The molecular formula is C24H30INO7. The molecule has 2 aromatic carbocycles. The summed E-state index contributed by atoms with van der Waals surface area (Å²) < 4.78 is 34.0. The molecule has 0 aliphatic carbocycles. The molecule has 33 heavy (non-hydrogen) atoms. The summed E-state index contributed by atoms with van der Waals surface area (Å²) in [5.41, 5.74) is 2.64. The summed E-state index contributed by atoms with van der Waals surface area (Å²) >= 11 is 0. The molecule has 0 amide bonds. The molecular weight excluding hydrogens is 541 g/mol. The smallest absolute Gasteiger partial charge is 0.231 e. The maximum absolute atomic E-state index is 13.5. The Labute approximate surface area is 211 Å². The highest BCUT2D eigenvalue weighted by atomic mass is 127. The average molecular weight is 571 g/mol. The van der Waals surface area contributed by atoms with E-state index in [0.717, 1.165) is 24.1 Å². The first-order valence-corrected chi connectivity index (χ1v) is 10.5. The van der Waals surface area contributed by atoms with Gasteiger partial charge in [-0.25, -0.2) is 0 Å². The normalized spacial score (nSPS) is 17.5. The van der Waals surface area contributed by atoms with Gasteiger partial charge in [-0.1, -0.05) is 0 Å². The Hall–Kier alpha value is -2.40. The molecule has 4 rings (SSSR count). The summed E-state index contributed by atoms with van der Waals surface area (Å²) in [5.74, 6) is 3.31. The summed E-state index contributed by atoms with van der Waals surface area (Å²) in [7, 11) is 10.5. The molecule has 2 aromatic rings. The number of carbonyl (C=O) groups is 1. The lowest BCUT2D eigenvalue weighted by atomic mass is 9.86. The van der Waals surface area contributed by atoms with Crippen LogP contribution in [0.25, 0.3) is 0 Å². The lowest BCUT2D eigenvalue weighted by Gasteiger charge is -2.43. The van der Waals surface area contributed by atoms with Crippen molar-refractivity contribution >= 4 is 5.78 Å². The van der Waals surface area contributed by atoms with Crippen LogP contribution in [-0.2, 0) is 6.42 Å². The molecule has 0 fully saturated rings. The minimum atomic E-state index is -0.116. The average Bonchev–Trinajstić information content (AvgIpc) is 3.26. The van der Waals surface area contributed by atoms with Crippen LogP contribution in [0.15, 0.2) is 18.2 Å². The van der Waals surface area contributed by atoms with E-state index in [1.54, 1.807) is 19.2 Å². The molecule has 0 N–H and O–H groups in total. The van der Waals surface area contributed by atoms with Crippen molar-refractivity contribution < 1.29 is 61.7 Å². The van der Waals surface area contributed by atoms with Gasteiger partial charge in [-0.05, 0) is 23.8 Å². The van der Waals surface area contributed by atoms with Gasteiger partial charge in [0, 0.05) is 12.0 Å². The molecule has 8 nitrogen and oxygen atoms in total. The van der Waals surface area contributed by atoms with Gasteiger partial charge in [-0.2, -0.15) is 0 Å². The zero-order valence-corrected chi connectivity index (χ0v) is 22.0. The number of hydrogen-bond donors (Lipinski definition) is 0. The predicted molar refractivity (Wildman–Crippen MR) is 118 cm³/mol. The maximum Gasteiger partial charge on any atom is 0.231 e. The fraction of sp³-hybridized carbons (Fsp3) is 0.458. The van der Waals surface area contributed by atoms with Gasteiger partial charge >= 0.3 is 0 Å². The molecule has 1 unspecified atom stereocenters. The van der Waals surface area contributed by atoms with Crippen LogP contribution in [0.5, 0.6) is 34.5 Å². The standard InChI is InChI=1S/C24H30NO7.HI/c1-25(2)8-7-14-9-20-23(32-13-31-20)24(30-6)21(14)16(25)12-17(26)15-10-18(27-3)22(29-5)19(11-15)28-4;/h9-11,16H,7-8,12-13H2,1-6H3;1H/q+1;/p-1. The zero-order valence-electron chi connectivity index (χ0n) is 19.8. The van der Waals surface area contributed by atoms with E-state index >= 15 is 0 Å². The Balaban J connectivity index is 0.00000306. The predicted octanol–water partition coefficient (Wildman–Crippen LogP) is 0.400. The molecule has 0 bridgehead atoms. The van der Waals surface area contributed by atoms with E-state index in [2.05, 4.69) is 14.1 Å². The number of hydrogen-bond acceptors (Lipinski definition) is 7. The number of Topliss-reactive ketones (excluding diaryl/α,β-unsaturated/α-hetero) is 1. The van der Waals surface area contributed by atoms with Crippen LogP contribution in [-0.4, -0.2) is 66.1 Å². The Morgan fingerprint density at radius 2 is 1.61 bits per heavy atom. The largest absolute Gasteiger partial charge is 1.00 e. The van der Waals surface area contributed by atoms with Crippen molar-refractivity contribution in [1.29, 1.82) is 0 Å². The number of quaternary nitrogens is 1. The number of likely N-dealkylation sites (N-methyl/N-ethyl adjacent to an activating group) is 1.